The van der Waals surface area contributed by atoms with Crippen molar-refractivity contribution in [3.8, 4) is 0 Å². The van der Waals surface area contributed by atoms with Gasteiger partial charge in [-0.15, -0.1) is 0 Å². The Kier molecular flexibility index (Phi) is 4.98. The Morgan fingerprint density at radius 2 is 1.54 bits per heavy atom. The molecule has 0 aromatic heterocycles. The van der Waals surface area contributed by atoms with Crippen molar-refractivity contribution in [3.63, 3.8) is 0 Å². The van der Waals surface area contributed by atoms with Gasteiger partial charge in [0, 0.05) is 11.8 Å². The molecular weight excluding hydrogens is 343 g/mol. The van der Waals surface area contributed by atoms with Gasteiger partial charge >= 0.3 is 6.18 Å². The molecule has 0 aliphatic heterocycles. The summed E-state index contributed by atoms with van der Waals surface area (Å²) in [4.78, 5) is 12.1. The van der Waals surface area contributed by atoms with E-state index in [0.717, 1.165) is 6.26 Å². The van der Waals surface area contributed by atoms with Crippen molar-refractivity contribution in [2.75, 3.05) is 6.26 Å². The van der Waals surface area contributed by atoms with Crippen molar-refractivity contribution in [2.24, 2.45) is 0 Å². The number of benzene rings is 2. The standard InChI is InChI=1S/C16H14F3NO3S/c1-24(22,23)13-9-7-12(8-10-13)15(21)20-14(16(17,18)19)11-5-3-2-4-6-11/h2-10,14H,1H3,(H,20,21)/t14-/m0/s1. The average molecular weight is 357 g/mol. The summed E-state index contributed by atoms with van der Waals surface area (Å²) < 4.78 is 62.3. The quantitative estimate of drug-likeness (QED) is 0.914. The molecule has 0 radical (unpaired) electrons. The van der Waals surface area contributed by atoms with Crippen molar-refractivity contribution < 1.29 is 26.4 Å². The number of nitrogens with one attached hydrogen (secondary N) is 1. The van der Waals surface area contributed by atoms with Crippen LogP contribution in [0.25, 0.3) is 0 Å². The van der Waals surface area contributed by atoms with Crippen molar-refractivity contribution in [1.29, 1.82) is 0 Å². The molecule has 2 aromatic rings. The zero-order chi connectivity index (χ0) is 18.0. The molecule has 1 amide bonds. The molecule has 8 heteroatoms. The molecule has 1 N–H and O–H groups in total. The Balaban J connectivity index is 2.25. The first kappa shape index (κ1) is 18.0. The topological polar surface area (TPSA) is 63.2 Å². The summed E-state index contributed by atoms with van der Waals surface area (Å²) in [5, 5.41) is 1.93. The highest BCUT2D eigenvalue weighted by Crippen LogP contribution is 2.32. The Hall–Kier alpha value is -2.35. The minimum atomic E-state index is -4.66. The number of halogens is 3. The third-order valence-electron chi connectivity index (χ3n) is 3.28. The average Bonchev–Trinajstić information content (AvgIpc) is 2.51. The molecule has 0 heterocycles. The zero-order valence-electron chi connectivity index (χ0n) is 12.5. The molecule has 0 saturated heterocycles. The maximum Gasteiger partial charge on any atom is 0.412 e. The minimum absolute atomic E-state index is 0.0190. The minimum Gasteiger partial charge on any atom is -0.337 e. The van der Waals surface area contributed by atoms with Crippen molar-refractivity contribution in [1.82, 2.24) is 5.32 Å². The van der Waals surface area contributed by atoms with E-state index in [4.69, 9.17) is 0 Å². The fourth-order valence-electron chi connectivity index (χ4n) is 2.07. The van der Waals surface area contributed by atoms with E-state index in [-0.39, 0.29) is 16.0 Å². The van der Waals surface area contributed by atoms with E-state index < -0.39 is 28.0 Å². The number of hydrogen-bond acceptors (Lipinski definition) is 3. The molecule has 2 aromatic carbocycles. The fraction of sp³-hybridized carbons (Fsp3) is 0.188. The predicted octanol–water partition coefficient (Wildman–Crippen LogP) is 3.12. The maximum atomic E-state index is 13.2. The Bertz CT molecular complexity index is 816. The van der Waals surface area contributed by atoms with Crippen LogP contribution in [0.4, 0.5) is 13.2 Å². The molecule has 24 heavy (non-hydrogen) atoms. The van der Waals surface area contributed by atoms with Crippen LogP contribution in [0.5, 0.6) is 0 Å². The molecule has 0 bridgehead atoms. The van der Waals surface area contributed by atoms with Gasteiger partial charge in [0.1, 0.15) is 0 Å². The normalized spacial score (nSPS) is 13.3. The lowest BCUT2D eigenvalue weighted by molar-refractivity contribution is -0.155. The zero-order valence-corrected chi connectivity index (χ0v) is 13.4. The number of hydrogen-bond donors (Lipinski definition) is 1. The second-order valence-corrected chi connectivity index (χ2v) is 7.17. The van der Waals surface area contributed by atoms with Gasteiger partial charge < -0.3 is 5.32 Å². The van der Waals surface area contributed by atoms with E-state index in [1.165, 1.54) is 48.5 Å². The molecule has 0 spiro atoms. The van der Waals surface area contributed by atoms with Gasteiger partial charge in [-0.1, -0.05) is 30.3 Å². The lowest BCUT2D eigenvalue weighted by atomic mass is 10.1. The first-order chi connectivity index (χ1) is 11.1. The van der Waals surface area contributed by atoms with E-state index in [0.29, 0.717) is 0 Å². The number of sulfone groups is 1. The van der Waals surface area contributed by atoms with Crippen LogP contribution in [0.15, 0.2) is 59.5 Å². The lowest BCUT2D eigenvalue weighted by Crippen LogP contribution is -2.38. The van der Waals surface area contributed by atoms with Crippen LogP contribution >= 0.6 is 0 Å². The first-order valence-corrected chi connectivity index (χ1v) is 8.71. The molecule has 0 fully saturated rings. The Morgan fingerprint density at radius 3 is 2.00 bits per heavy atom. The summed E-state index contributed by atoms with van der Waals surface area (Å²) in [7, 11) is -3.45. The fourth-order valence-corrected chi connectivity index (χ4v) is 2.70. The van der Waals surface area contributed by atoms with Gasteiger partial charge in [0.2, 0.25) is 0 Å². The van der Waals surface area contributed by atoms with E-state index in [9.17, 15) is 26.4 Å². The van der Waals surface area contributed by atoms with E-state index >= 15 is 0 Å². The van der Waals surface area contributed by atoms with Gasteiger partial charge in [-0.25, -0.2) is 8.42 Å². The SMILES string of the molecule is CS(=O)(=O)c1ccc(C(=O)N[C@@H](c2ccccc2)C(F)(F)F)cc1. The molecule has 0 unspecified atom stereocenters. The van der Waals surface area contributed by atoms with Gasteiger partial charge in [-0.2, -0.15) is 13.2 Å². The summed E-state index contributed by atoms with van der Waals surface area (Å²) in [5.74, 6) is -0.943. The second kappa shape index (κ2) is 6.64. The van der Waals surface area contributed by atoms with E-state index in [2.05, 4.69) is 0 Å². The van der Waals surface area contributed by atoms with Crippen LogP contribution in [0, 0.1) is 0 Å². The maximum absolute atomic E-state index is 13.2. The van der Waals surface area contributed by atoms with Gasteiger partial charge in [0.25, 0.3) is 5.91 Å². The molecule has 0 aliphatic rings. The van der Waals surface area contributed by atoms with Crippen LogP contribution in [0.2, 0.25) is 0 Å². The van der Waals surface area contributed by atoms with Crippen LogP contribution in [0.3, 0.4) is 0 Å². The predicted molar refractivity (Wildman–Crippen MR) is 82.3 cm³/mol. The largest absolute Gasteiger partial charge is 0.412 e. The summed E-state index contributed by atoms with van der Waals surface area (Å²) in [6.07, 6.45) is -3.67. The molecule has 4 nitrogen and oxygen atoms in total. The van der Waals surface area contributed by atoms with E-state index in [1.54, 1.807) is 6.07 Å². The summed E-state index contributed by atoms with van der Waals surface area (Å²) in [5.41, 5.74) is -0.154. The highest BCUT2D eigenvalue weighted by atomic mass is 32.2. The lowest BCUT2D eigenvalue weighted by Gasteiger charge is -2.22. The second-order valence-electron chi connectivity index (χ2n) is 5.16. The van der Waals surface area contributed by atoms with Crippen LogP contribution < -0.4 is 5.32 Å². The van der Waals surface area contributed by atoms with Crippen LogP contribution in [0.1, 0.15) is 22.0 Å². The summed E-state index contributed by atoms with van der Waals surface area (Å²) in [6.45, 7) is 0. The third kappa shape index (κ3) is 4.35. The highest BCUT2D eigenvalue weighted by Gasteiger charge is 2.41. The van der Waals surface area contributed by atoms with Gasteiger partial charge in [0.05, 0.1) is 4.90 Å². The molecule has 128 valence electrons. The van der Waals surface area contributed by atoms with Crippen LogP contribution in [-0.4, -0.2) is 26.8 Å². The molecular formula is C16H14F3NO3S. The molecule has 1 atom stereocenters. The van der Waals surface area contributed by atoms with Gasteiger partial charge in [0.15, 0.2) is 15.9 Å². The van der Waals surface area contributed by atoms with Crippen molar-refractivity contribution in [2.45, 2.75) is 17.1 Å². The van der Waals surface area contributed by atoms with Crippen molar-refractivity contribution in [3.05, 3.63) is 65.7 Å². The summed E-state index contributed by atoms with van der Waals surface area (Å²) >= 11 is 0. The molecule has 2 rings (SSSR count). The Morgan fingerprint density at radius 1 is 1.00 bits per heavy atom. The van der Waals surface area contributed by atoms with Crippen molar-refractivity contribution >= 4 is 15.7 Å². The molecule has 0 saturated carbocycles. The van der Waals surface area contributed by atoms with Gasteiger partial charge in [-0.3, -0.25) is 4.79 Å². The number of carbonyl (C=O) groups excluding carboxylic acids is 1. The smallest absolute Gasteiger partial charge is 0.337 e. The number of carbonyl (C=O) groups is 1. The monoisotopic (exact) mass is 357 g/mol. The number of rotatable bonds is 4. The Labute approximate surface area is 137 Å². The van der Waals surface area contributed by atoms with Crippen LogP contribution in [-0.2, 0) is 9.84 Å². The summed E-state index contributed by atoms with van der Waals surface area (Å²) in [6, 6.07) is 9.54. The molecule has 0 aliphatic carbocycles. The first-order valence-electron chi connectivity index (χ1n) is 6.81. The number of amides is 1. The number of alkyl halides is 3. The van der Waals surface area contributed by atoms with E-state index in [1.807, 2.05) is 5.32 Å². The third-order valence-corrected chi connectivity index (χ3v) is 4.41. The van der Waals surface area contributed by atoms with Gasteiger partial charge in [-0.05, 0) is 29.8 Å². The highest BCUT2D eigenvalue weighted by molar-refractivity contribution is 7.90.